The molecule has 0 saturated heterocycles. The monoisotopic (exact) mass is 397 g/mol. The quantitative estimate of drug-likeness (QED) is 0.322. The van der Waals surface area contributed by atoms with Crippen molar-refractivity contribution in [2.24, 2.45) is 10.2 Å². The number of hydrogen-bond acceptors (Lipinski definition) is 6. The van der Waals surface area contributed by atoms with Gasteiger partial charge in [0, 0.05) is 11.1 Å². The van der Waals surface area contributed by atoms with E-state index in [2.05, 4.69) is 10.2 Å². The zero-order valence-electron chi connectivity index (χ0n) is 16.4. The molecule has 148 valence electrons. The predicted molar refractivity (Wildman–Crippen MR) is 115 cm³/mol. The van der Waals surface area contributed by atoms with Crippen molar-refractivity contribution in [2.75, 3.05) is 13.7 Å². The second-order valence-corrected chi connectivity index (χ2v) is 6.11. The summed E-state index contributed by atoms with van der Waals surface area (Å²) in [5, 5.41) is 17.0. The van der Waals surface area contributed by atoms with E-state index in [0.29, 0.717) is 28.2 Å². The van der Waals surface area contributed by atoms with Crippen LogP contribution >= 0.6 is 0 Å². The lowest BCUT2D eigenvalue weighted by atomic mass is 10.0. The van der Waals surface area contributed by atoms with Gasteiger partial charge in [-0.15, -0.1) is 5.10 Å². The Labute approximate surface area is 174 Å². The Morgan fingerprint density at radius 1 is 0.967 bits per heavy atom. The number of methoxy groups -OCH3 is 1. The predicted octanol–water partition coefficient (Wildman–Crippen LogP) is 4.30. The molecular formula is C24H19N3O3. The topological polar surface area (TPSA) is 84.0 Å². The van der Waals surface area contributed by atoms with E-state index >= 15 is 0 Å². The van der Waals surface area contributed by atoms with Crippen LogP contribution < -0.4 is 9.47 Å². The van der Waals surface area contributed by atoms with Crippen LogP contribution in [0.15, 0.2) is 89.1 Å². The van der Waals surface area contributed by atoms with E-state index in [-0.39, 0.29) is 18.1 Å². The van der Waals surface area contributed by atoms with Crippen LogP contribution in [0.4, 0.5) is 0 Å². The number of nitrogens with zero attached hydrogens (tertiary/aromatic N) is 3. The minimum absolute atomic E-state index is 0.0733. The van der Waals surface area contributed by atoms with E-state index in [1.54, 1.807) is 42.5 Å². The summed E-state index contributed by atoms with van der Waals surface area (Å²) in [6, 6.07) is 25.2. The lowest BCUT2D eigenvalue weighted by Crippen LogP contribution is -2.15. The van der Waals surface area contributed by atoms with Crippen LogP contribution in [0.3, 0.4) is 0 Å². The molecule has 0 heterocycles. The maximum atomic E-state index is 13.0. The van der Waals surface area contributed by atoms with Crippen molar-refractivity contribution in [2.45, 2.75) is 0 Å². The summed E-state index contributed by atoms with van der Waals surface area (Å²) in [5.74, 6) is 0.725. The van der Waals surface area contributed by atoms with Crippen LogP contribution in [0.2, 0.25) is 0 Å². The second kappa shape index (κ2) is 10.3. The molecule has 0 N–H and O–H groups in total. The van der Waals surface area contributed by atoms with Crippen molar-refractivity contribution in [3.63, 3.8) is 0 Å². The zero-order chi connectivity index (χ0) is 21.2. The molecule has 0 fully saturated rings. The highest BCUT2D eigenvalue weighted by molar-refractivity contribution is 6.51. The van der Waals surface area contributed by atoms with Crippen LogP contribution in [0.1, 0.15) is 21.5 Å². The SMILES string of the molecule is COc1cc(/C=N\N=C(\C(=O)c2ccccc2)c2ccccc2)ccc1OCC#N. The summed E-state index contributed by atoms with van der Waals surface area (Å²) in [6.07, 6.45) is 1.53. The van der Waals surface area contributed by atoms with Gasteiger partial charge in [-0.1, -0.05) is 60.7 Å². The minimum atomic E-state index is -0.211. The van der Waals surface area contributed by atoms with Crippen molar-refractivity contribution >= 4 is 17.7 Å². The van der Waals surface area contributed by atoms with Gasteiger partial charge < -0.3 is 9.47 Å². The largest absolute Gasteiger partial charge is 0.493 e. The first-order valence-corrected chi connectivity index (χ1v) is 9.17. The van der Waals surface area contributed by atoms with Gasteiger partial charge in [-0.05, 0) is 23.8 Å². The van der Waals surface area contributed by atoms with E-state index < -0.39 is 0 Å². The first-order chi connectivity index (χ1) is 14.7. The summed E-state index contributed by atoms with van der Waals surface area (Å²) in [6.45, 7) is -0.0733. The van der Waals surface area contributed by atoms with Crippen LogP contribution in [0.5, 0.6) is 11.5 Å². The third-order valence-corrected chi connectivity index (χ3v) is 4.14. The molecule has 0 aromatic heterocycles. The first-order valence-electron chi connectivity index (χ1n) is 9.17. The molecule has 6 heteroatoms. The Hall–Kier alpha value is -4.24. The maximum absolute atomic E-state index is 13.0. The molecule has 0 atom stereocenters. The van der Waals surface area contributed by atoms with Crippen molar-refractivity contribution in [1.82, 2.24) is 0 Å². The summed E-state index contributed by atoms with van der Waals surface area (Å²) < 4.78 is 10.6. The van der Waals surface area contributed by atoms with Crippen LogP contribution in [0, 0.1) is 11.3 Å². The molecule has 30 heavy (non-hydrogen) atoms. The number of hydrogen-bond donors (Lipinski definition) is 0. The van der Waals surface area contributed by atoms with E-state index in [4.69, 9.17) is 14.7 Å². The number of benzene rings is 3. The lowest BCUT2D eigenvalue weighted by molar-refractivity contribution is 0.106. The number of ketones is 1. The molecule has 0 aliphatic rings. The highest BCUT2D eigenvalue weighted by atomic mass is 16.5. The fourth-order valence-corrected chi connectivity index (χ4v) is 2.70. The molecule has 3 rings (SSSR count). The molecule has 6 nitrogen and oxygen atoms in total. The highest BCUT2D eigenvalue weighted by Gasteiger charge is 2.16. The summed E-state index contributed by atoms with van der Waals surface area (Å²) in [4.78, 5) is 13.0. The van der Waals surface area contributed by atoms with Crippen molar-refractivity contribution in [3.05, 3.63) is 95.6 Å². The maximum Gasteiger partial charge on any atom is 0.213 e. The normalized spacial score (nSPS) is 11.1. The zero-order valence-corrected chi connectivity index (χ0v) is 16.4. The van der Waals surface area contributed by atoms with E-state index in [0.717, 1.165) is 0 Å². The fraction of sp³-hybridized carbons (Fsp3) is 0.0833. The fourth-order valence-electron chi connectivity index (χ4n) is 2.70. The first kappa shape index (κ1) is 20.5. The van der Waals surface area contributed by atoms with E-state index in [1.165, 1.54) is 13.3 Å². The number of nitriles is 1. The number of carbonyl (C=O) groups excluding carboxylic acids is 1. The third-order valence-electron chi connectivity index (χ3n) is 4.14. The molecule has 0 spiro atoms. The standard InChI is InChI=1S/C24H19N3O3/c1-29-22-16-18(12-13-21(22)30-15-14-25)17-26-27-23(19-8-4-2-5-9-19)24(28)20-10-6-3-7-11-20/h2-13,16-17H,15H2,1H3/b26-17-,27-23+. The van der Waals surface area contributed by atoms with Gasteiger partial charge in [0.25, 0.3) is 0 Å². The molecule has 3 aromatic rings. The van der Waals surface area contributed by atoms with Gasteiger partial charge in [0.1, 0.15) is 11.8 Å². The summed E-state index contributed by atoms with van der Waals surface area (Å²) in [5.41, 5.74) is 2.18. The highest BCUT2D eigenvalue weighted by Crippen LogP contribution is 2.27. The van der Waals surface area contributed by atoms with Gasteiger partial charge in [0.05, 0.1) is 13.3 Å². The Morgan fingerprint density at radius 3 is 2.27 bits per heavy atom. The smallest absolute Gasteiger partial charge is 0.213 e. The van der Waals surface area contributed by atoms with Gasteiger partial charge in [0.2, 0.25) is 5.78 Å². The molecule has 0 bridgehead atoms. The van der Waals surface area contributed by atoms with Gasteiger partial charge in [-0.25, -0.2) is 0 Å². The summed E-state index contributed by atoms with van der Waals surface area (Å²) >= 11 is 0. The number of carbonyl (C=O) groups is 1. The van der Waals surface area contributed by atoms with Crippen molar-refractivity contribution in [3.8, 4) is 17.6 Å². The van der Waals surface area contributed by atoms with Crippen LogP contribution in [-0.4, -0.2) is 31.4 Å². The minimum Gasteiger partial charge on any atom is -0.493 e. The molecular weight excluding hydrogens is 378 g/mol. The second-order valence-electron chi connectivity index (χ2n) is 6.11. The average Bonchev–Trinajstić information content (AvgIpc) is 2.81. The Bertz CT molecular complexity index is 1100. The van der Waals surface area contributed by atoms with Crippen molar-refractivity contribution < 1.29 is 14.3 Å². The Balaban J connectivity index is 1.90. The lowest BCUT2D eigenvalue weighted by Gasteiger charge is -2.08. The van der Waals surface area contributed by atoms with Gasteiger partial charge in [0.15, 0.2) is 18.1 Å². The summed E-state index contributed by atoms with van der Waals surface area (Å²) in [7, 11) is 1.51. The molecule has 0 aliphatic carbocycles. The van der Waals surface area contributed by atoms with Gasteiger partial charge in [-0.2, -0.15) is 10.4 Å². The number of Topliss-reactive ketones (excluding diaryl/α,β-unsaturated/α-hetero) is 1. The molecule has 0 unspecified atom stereocenters. The van der Waals surface area contributed by atoms with E-state index in [9.17, 15) is 4.79 Å². The number of ether oxygens (including phenoxy) is 2. The molecule has 3 aromatic carbocycles. The number of rotatable bonds is 8. The average molecular weight is 397 g/mol. The molecule has 0 amide bonds. The van der Waals surface area contributed by atoms with Crippen LogP contribution in [0.25, 0.3) is 0 Å². The molecule has 0 aliphatic heterocycles. The van der Waals surface area contributed by atoms with Gasteiger partial charge >= 0.3 is 0 Å². The Morgan fingerprint density at radius 2 is 1.63 bits per heavy atom. The molecule has 0 saturated carbocycles. The third kappa shape index (κ3) is 5.18. The Kier molecular flexibility index (Phi) is 7.07. The van der Waals surface area contributed by atoms with Gasteiger partial charge in [-0.3, -0.25) is 4.79 Å². The van der Waals surface area contributed by atoms with Crippen molar-refractivity contribution in [1.29, 1.82) is 5.26 Å². The molecule has 0 radical (unpaired) electrons. The van der Waals surface area contributed by atoms with Crippen LogP contribution in [-0.2, 0) is 0 Å². The van der Waals surface area contributed by atoms with E-state index in [1.807, 2.05) is 42.5 Å².